The van der Waals surface area contributed by atoms with Crippen molar-refractivity contribution in [1.82, 2.24) is 5.32 Å². The molecule has 84 valence electrons. The zero-order valence-corrected chi connectivity index (χ0v) is 9.03. The lowest BCUT2D eigenvalue weighted by Crippen LogP contribution is -2.45. The zero-order chi connectivity index (χ0) is 11.1. The van der Waals surface area contributed by atoms with E-state index in [-0.39, 0.29) is 18.0 Å². The van der Waals surface area contributed by atoms with Crippen LogP contribution in [-0.2, 0) is 9.53 Å². The zero-order valence-electron chi connectivity index (χ0n) is 9.03. The second kappa shape index (κ2) is 3.57. The highest BCUT2D eigenvalue weighted by molar-refractivity contribution is 5.79. The average Bonchev–Trinajstić information content (AvgIpc) is 2.31. The van der Waals surface area contributed by atoms with Gasteiger partial charge in [0.1, 0.15) is 17.8 Å². The molecule has 1 aromatic rings. The Labute approximate surface area is 93.5 Å². The fourth-order valence-electron chi connectivity index (χ4n) is 2.31. The van der Waals surface area contributed by atoms with Crippen molar-refractivity contribution in [2.45, 2.75) is 13.0 Å². The Morgan fingerprint density at radius 2 is 2.31 bits per heavy atom. The number of hydrogen-bond donors (Lipinski definition) is 1. The van der Waals surface area contributed by atoms with Crippen LogP contribution in [0.15, 0.2) is 18.2 Å². The average molecular weight is 219 g/mol. The molecule has 3 rings (SSSR count). The highest BCUT2D eigenvalue weighted by Gasteiger charge is 2.40. The molecule has 2 atom stereocenters. The van der Waals surface area contributed by atoms with E-state index in [1.54, 1.807) is 0 Å². The first-order valence-electron chi connectivity index (χ1n) is 5.41. The van der Waals surface area contributed by atoms with Crippen LogP contribution >= 0.6 is 0 Å². The van der Waals surface area contributed by atoms with Crippen molar-refractivity contribution < 1.29 is 14.3 Å². The Balaban J connectivity index is 2.10. The van der Waals surface area contributed by atoms with Crippen molar-refractivity contribution in [3.63, 3.8) is 0 Å². The smallest absolute Gasteiger partial charge is 0.318 e. The first-order valence-corrected chi connectivity index (χ1v) is 5.41. The van der Waals surface area contributed by atoms with Gasteiger partial charge in [-0.3, -0.25) is 10.1 Å². The number of nitrogens with one attached hydrogen (secondary N) is 1. The van der Waals surface area contributed by atoms with Gasteiger partial charge in [0.25, 0.3) is 0 Å². The lowest BCUT2D eigenvalue weighted by molar-refractivity contribution is -0.152. The second-order valence-corrected chi connectivity index (χ2v) is 4.21. The van der Waals surface area contributed by atoms with Crippen molar-refractivity contribution in [2.24, 2.45) is 5.92 Å². The molecule has 2 heterocycles. The molecule has 2 aliphatic heterocycles. The SMILES string of the molecule is Cc1cccc2c1OC(=O)C1CNCOC21. The summed E-state index contributed by atoms with van der Waals surface area (Å²) in [6, 6.07) is 5.88. The van der Waals surface area contributed by atoms with E-state index in [9.17, 15) is 4.79 Å². The van der Waals surface area contributed by atoms with E-state index in [0.29, 0.717) is 19.0 Å². The summed E-state index contributed by atoms with van der Waals surface area (Å²) < 4.78 is 11.0. The van der Waals surface area contributed by atoms with Crippen molar-refractivity contribution in [2.75, 3.05) is 13.3 Å². The normalized spacial score (nSPS) is 27.9. The molecular formula is C12H13NO3. The maximum atomic E-state index is 11.8. The van der Waals surface area contributed by atoms with Gasteiger partial charge in [0.2, 0.25) is 0 Å². The maximum absolute atomic E-state index is 11.8. The number of ether oxygens (including phenoxy) is 2. The van der Waals surface area contributed by atoms with Crippen LogP contribution in [0.4, 0.5) is 0 Å². The van der Waals surface area contributed by atoms with E-state index in [1.165, 1.54) is 0 Å². The summed E-state index contributed by atoms with van der Waals surface area (Å²) in [4.78, 5) is 11.8. The highest BCUT2D eigenvalue weighted by Crippen LogP contribution is 2.40. The minimum atomic E-state index is -0.219. The van der Waals surface area contributed by atoms with Gasteiger partial charge in [0, 0.05) is 12.1 Å². The molecule has 4 nitrogen and oxygen atoms in total. The van der Waals surface area contributed by atoms with E-state index in [4.69, 9.17) is 9.47 Å². The molecule has 4 heteroatoms. The van der Waals surface area contributed by atoms with Gasteiger partial charge in [0.15, 0.2) is 0 Å². The van der Waals surface area contributed by atoms with Gasteiger partial charge >= 0.3 is 5.97 Å². The molecule has 0 aromatic heterocycles. The van der Waals surface area contributed by atoms with Crippen LogP contribution in [0, 0.1) is 12.8 Å². The van der Waals surface area contributed by atoms with Gasteiger partial charge in [-0.2, -0.15) is 0 Å². The predicted molar refractivity (Wildman–Crippen MR) is 57.0 cm³/mol. The molecule has 0 aliphatic carbocycles. The Hall–Kier alpha value is -1.39. The lowest BCUT2D eigenvalue weighted by atomic mass is 9.90. The number of esters is 1. The van der Waals surface area contributed by atoms with Gasteiger partial charge in [-0.05, 0) is 12.5 Å². The topological polar surface area (TPSA) is 47.6 Å². The van der Waals surface area contributed by atoms with E-state index in [1.807, 2.05) is 25.1 Å². The number of para-hydroxylation sites is 1. The molecule has 1 fully saturated rings. The number of hydrogen-bond acceptors (Lipinski definition) is 4. The number of carbonyl (C=O) groups is 1. The third kappa shape index (κ3) is 1.34. The molecule has 0 saturated carbocycles. The summed E-state index contributed by atoms with van der Waals surface area (Å²) >= 11 is 0. The van der Waals surface area contributed by atoms with Crippen LogP contribution in [0.1, 0.15) is 17.2 Å². The summed E-state index contributed by atoms with van der Waals surface area (Å²) in [7, 11) is 0. The Morgan fingerprint density at radius 3 is 3.19 bits per heavy atom. The predicted octanol–water partition coefficient (Wildman–Crippen LogP) is 1.15. The third-order valence-corrected chi connectivity index (χ3v) is 3.15. The quantitative estimate of drug-likeness (QED) is 0.525. The van der Waals surface area contributed by atoms with Crippen molar-refractivity contribution in [3.05, 3.63) is 29.3 Å². The summed E-state index contributed by atoms with van der Waals surface area (Å²) in [5.74, 6) is 0.262. The first-order chi connectivity index (χ1) is 7.77. The lowest BCUT2D eigenvalue weighted by Gasteiger charge is -2.35. The molecule has 2 unspecified atom stereocenters. The summed E-state index contributed by atoms with van der Waals surface area (Å²) in [5, 5.41) is 3.04. The Bertz CT molecular complexity index is 444. The molecular weight excluding hydrogens is 206 g/mol. The summed E-state index contributed by atoms with van der Waals surface area (Å²) in [6.45, 7) is 3.05. The van der Waals surface area contributed by atoms with Gasteiger partial charge in [0.05, 0.1) is 6.73 Å². The van der Waals surface area contributed by atoms with Crippen LogP contribution in [0.2, 0.25) is 0 Å². The number of benzene rings is 1. The fraction of sp³-hybridized carbons (Fsp3) is 0.417. The second-order valence-electron chi connectivity index (χ2n) is 4.21. The third-order valence-electron chi connectivity index (χ3n) is 3.15. The minimum absolute atomic E-state index is 0.155. The maximum Gasteiger partial charge on any atom is 0.318 e. The van der Waals surface area contributed by atoms with Crippen molar-refractivity contribution >= 4 is 5.97 Å². The Morgan fingerprint density at radius 1 is 1.44 bits per heavy atom. The molecule has 0 radical (unpaired) electrons. The van der Waals surface area contributed by atoms with Crippen LogP contribution in [0.25, 0.3) is 0 Å². The van der Waals surface area contributed by atoms with Gasteiger partial charge < -0.3 is 9.47 Å². The molecule has 0 bridgehead atoms. The minimum Gasteiger partial charge on any atom is -0.426 e. The molecule has 0 spiro atoms. The number of rotatable bonds is 0. The number of aryl methyl sites for hydroxylation is 1. The highest BCUT2D eigenvalue weighted by atomic mass is 16.6. The van der Waals surface area contributed by atoms with Gasteiger partial charge in [-0.1, -0.05) is 18.2 Å². The van der Waals surface area contributed by atoms with Crippen LogP contribution < -0.4 is 10.1 Å². The largest absolute Gasteiger partial charge is 0.426 e. The van der Waals surface area contributed by atoms with E-state index in [2.05, 4.69) is 5.32 Å². The van der Waals surface area contributed by atoms with Gasteiger partial charge in [-0.25, -0.2) is 0 Å². The van der Waals surface area contributed by atoms with Crippen LogP contribution in [0.5, 0.6) is 5.75 Å². The molecule has 1 N–H and O–H groups in total. The molecule has 0 amide bonds. The molecule has 1 aromatic carbocycles. The first kappa shape index (κ1) is 9.81. The van der Waals surface area contributed by atoms with Crippen molar-refractivity contribution in [1.29, 1.82) is 0 Å². The summed E-state index contributed by atoms with van der Waals surface area (Å²) in [6.07, 6.45) is -0.155. The molecule has 1 saturated heterocycles. The summed E-state index contributed by atoms with van der Waals surface area (Å²) in [5.41, 5.74) is 1.97. The monoisotopic (exact) mass is 219 g/mol. The Kier molecular flexibility index (Phi) is 2.19. The van der Waals surface area contributed by atoms with E-state index >= 15 is 0 Å². The van der Waals surface area contributed by atoms with Crippen LogP contribution in [-0.4, -0.2) is 19.2 Å². The number of carbonyl (C=O) groups excluding carboxylic acids is 1. The van der Waals surface area contributed by atoms with E-state index in [0.717, 1.165) is 11.1 Å². The van der Waals surface area contributed by atoms with Crippen LogP contribution in [0.3, 0.4) is 0 Å². The van der Waals surface area contributed by atoms with E-state index < -0.39 is 0 Å². The van der Waals surface area contributed by atoms with Gasteiger partial charge in [-0.15, -0.1) is 0 Å². The number of fused-ring (bicyclic) bond motifs is 3. The standard InChI is InChI=1S/C12H13NO3/c1-7-3-2-4-8-10(7)16-12(14)9-5-13-6-15-11(8)9/h2-4,9,11,13H,5-6H2,1H3. The van der Waals surface area contributed by atoms with Crippen molar-refractivity contribution in [3.8, 4) is 5.75 Å². The fourth-order valence-corrected chi connectivity index (χ4v) is 2.31. The molecule has 16 heavy (non-hydrogen) atoms. The molecule has 2 aliphatic rings.